The number of benzene rings is 1. The van der Waals surface area contributed by atoms with Crippen molar-refractivity contribution in [1.82, 2.24) is 10.2 Å². The normalized spacial score (nSPS) is 11.0. The third kappa shape index (κ3) is 5.24. The van der Waals surface area contributed by atoms with Gasteiger partial charge in [0.15, 0.2) is 15.8 Å². The Balaban J connectivity index is 1.99. The van der Waals surface area contributed by atoms with Gasteiger partial charge in [-0.1, -0.05) is 43.0 Å². The Bertz CT molecular complexity index is 729. The number of ether oxygens (including phenoxy) is 2. The van der Waals surface area contributed by atoms with Gasteiger partial charge in [-0.05, 0) is 23.8 Å². The smallest absolute Gasteiger partial charge is 0.250 e. The second-order valence-electron chi connectivity index (χ2n) is 4.98. The average Bonchev–Trinajstić information content (AvgIpc) is 2.98. The summed E-state index contributed by atoms with van der Waals surface area (Å²) in [6, 6.07) is 5.43. The van der Waals surface area contributed by atoms with Gasteiger partial charge in [-0.3, -0.25) is 10.1 Å². The number of carbonyl (C=O) groups is 1. The number of rotatable bonds is 7. The molecule has 0 aliphatic carbocycles. The number of hydrogen-bond acceptors (Lipinski definition) is 7. The minimum Gasteiger partial charge on any atom is -0.493 e. The van der Waals surface area contributed by atoms with Gasteiger partial charge in [-0.2, -0.15) is 0 Å². The van der Waals surface area contributed by atoms with Crippen LogP contribution in [-0.2, 0) is 4.79 Å². The lowest BCUT2D eigenvalue weighted by Crippen LogP contribution is -2.07. The first-order valence-corrected chi connectivity index (χ1v) is 8.92. The highest BCUT2D eigenvalue weighted by Crippen LogP contribution is 2.29. The Morgan fingerprint density at radius 2 is 2.00 bits per heavy atom. The van der Waals surface area contributed by atoms with Crippen molar-refractivity contribution in [3.05, 3.63) is 29.8 Å². The molecule has 0 unspecified atom stereocenters. The van der Waals surface area contributed by atoms with Crippen LogP contribution in [0.1, 0.15) is 19.4 Å². The van der Waals surface area contributed by atoms with Crippen molar-refractivity contribution in [1.29, 1.82) is 0 Å². The lowest BCUT2D eigenvalue weighted by molar-refractivity contribution is -0.111. The summed E-state index contributed by atoms with van der Waals surface area (Å²) in [5, 5.41) is 11.6. The lowest BCUT2D eigenvalue weighted by atomic mass is 10.2. The molecule has 8 heteroatoms. The average molecular weight is 365 g/mol. The summed E-state index contributed by atoms with van der Waals surface area (Å²) < 4.78 is 11.3. The Morgan fingerprint density at radius 1 is 1.25 bits per heavy atom. The van der Waals surface area contributed by atoms with E-state index in [1.165, 1.54) is 17.4 Å². The van der Waals surface area contributed by atoms with E-state index in [1.54, 1.807) is 44.2 Å². The van der Waals surface area contributed by atoms with Gasteiger partial charge in [-0.15, -0.1) is 10.2 Å². The Hall–Kier alpha value is -2.06. The zero-order valence-electron chi connectivity index (χ0n) is 13.9. The predicted molar refractivity (Wildman–Crippen MR) is 98.1 cm³/mol. The zero-order chi connectivity index (χ0) is 17.5. The first kappa shape index (κ1) is 18.3. The number of nitrogens with one attached hydrogen (secondary N) is 1. The second kappa shape index (κ2) is 8.70. The summed E-state index contributed by atoms with van der Waals surface area (Å²) in [5.41, 5.74) is 0.830. The van der Waals surface area contributed by atoms with Gasteiger partial charge in [0.25, 0.3) is 0 Å². The van der Waals surface area contributed by atoms with Crippen LogP contribution in [0.3, 0.4) is 0 Å². The molecule has 0 radical (unpaired) electrons. The van der Waals surface area contributed by atoms with Crippen molar-refractivity contribution in [3.8, 4) is 11.5 Å². The highest BCUT2D eigenvalue weighted by molar-refractivity contribution is 8.01. The standard InChI is InChI=1S/C16H19N3O3S2/c1-10(2)23-16-19-18-15(24-16)17-14(20)8-6-11-5-7-12(21-3)13(9-11)22-4/h5-10H,1-4H3,(H,17,18,20)/b8-6+. The number of thioether (sulfide) groups is 1. The minimum absolute atomic E-state index is 0.262. The number of aromatic nitrogens is 2. The molecule has 2 aromatic rings. The molecular formula is C16H19N3O3S2. The molecule has 0 fully saturated rings. The van der Waals surface area contributed by atoms with E-state index in [-0.39, 0.29) is 5.91 Å². The van der Waals surface area contributed by atoms with Gasteiger partial charge < -0.3 is 9.47 Å². The summed E-state index contributed by atoms with van der Waals surface area (Å²) in [5.74, 6) is 0.990. The summed E-state index contributed by atoms with van der Waals surface area (Å²) >= 11 is 2.97. The lowest BCUT2D eigenvalue weighted by Gasteiger charge is -2.07. The zero-order valence-corrected chi connectivity index (χ0v) is 15.5. The molecule has 1 aromatic carbocycles. The van der Waals surface area contributed by atoms with Gasteiger partial charge >= 0.3 is 0 Å². The van der Waals surface area contributed by atoms with Crippen molar-refractivity contribution >= 4 is 40.2 Å². The second-order valence-corrected chi connectivity index (χ2v) is 7.78. The van der Waals surface area contributed by atoms with Crippen molar-refractivity contribution < 1.29 is 14.3 Å². The summed E-state index contributed by atoms with van der Waals surface area (Å²) in [7, 11) is 3.15. The van der Waals surface area contributed by atoms with Crippen LogP contribution in [-0.4, -0.2) is 35.6 Å². The molecule has 0 saturated carbocycles. The Labute approximate surface area is 149 Å². The molecule has 1 aromatic heterocycles. The number of nitrogens with zero attached hydrogens (tertiary/aromatic N) is 2. The minimum atomic E-state index is -0.262. The monoisotopic (exact) mass is 365 g/mol. The fourth-order valence-electron chi connectivity index (χ4n) is 1.78. The number of hydrogen-bond donors (Lipinski definition) is 1. The predicted octanol–water partition coefficient (Wildman–Crippen LogP) is 3.71. The van der Waals surface area contributed by atoms with Crippen LogP contribution in [0, 0.1) is 0 Å². The maximum Gasteiger partial charge on any atom is 0.250 e. The number of carbonyl (C=O) groups excluding carboxylic acids is 1. The molecule has 128 valence electrons. The Morgan fingerprint density at radius 3 is 2.67 bits per heavy atom. The van der Waals surface area contributed by atoms with Crippen molar-refractivity contribution in [2.75, 3.05) is 19.5 Å². The van der Waals surface area contributed by atoms with Crippen LogP contribution in [0.15, 0.2) is 28.6 Å². The highest BCUT2D eigenvalue weighted by atomic mass is 32.2. The molecule has 1 amide bonds. The van der Waals surface area contributed by atoms with Crippen LogP contribution in [0.2, 0.25) is 0 Å². The summed E-state index contributed by atoms with van der Waals surface area (Å²) in [6.07, 6.45) is 3.14. The number of amides is 1. The first-order chi connectivity index (χ1) is 11.5. The van der Waals surface area contributed by atoms with Crippen molar-refractivity contribution in [2.45, 2.75) is 23.4 Å². The molecule has 0 aliphatic rings. The fourth-order valence-corrected chi connectivity index (χ4v) is 3.76. The fraction of sp³-hybridized carbons (Fsp3) is 0.312. The molecule has 0 aliphatic heterocycles. The largest absolute Gasteiger partial charge is 0.493 e. The molecule has 1 heterocycles. The first-order valence-electron chi connectivity index (χ1n) is 7.23. The van der Waals surface area contributed by atoms with Gasteiger partial charge in [0.1, 0.15) is 0 Å². The van der Waals surface area contributed by atoms with E-state index in [2.05, 4.69) is 29.4 Å². The third-order valence-electron chi connectivity index (χ3n) is 2.81. The molecule has 0 bridgehead atoms. The molecule has 2 rings (SSSR count). The molecule has 0 atom stereocenters. The van der Waals surface area contributed by atoms with Crippen LogP contribution >= 0.6 is 23.1 Å². The summed E-state index contributed by atoms with van der Waals surface area (Å²) in [4.78, 5) is 12.0. The maximum absolute atomic E-state index is 12.0. The Kier molecular flexibility index (Phi) is 6.62. The van der Waals surface area contributed by atoms with E-state index in [0.29, 0.717) is 21.9 Å². The van der Waals surface area contributed by atoms with E-state index >= 15 is 0 Å². The molecule has 24 heavy (non-hydrogen) atoms. The molecule has 0 saturated heterocycles. The van der Waals surface area contributed by atoms with Crippen molar-refractivity contribution in [2.24, 2.45) is 0 Å². The van der Waals surface area contributed by atoms with Crippen molar-refractivity contribution in [3.63, 3.8) is 0 Å². The summed E-state index contributed by atoms with van der Waals surface area (Å²) in [6.45, 7) is 4.16. The van der Waals surface area contributed by atoms with Gasteiger partial charge in [0.05, 0.1) is 14.2 Å². The van der Waals surface area contributed by atoms with Crippen LogP contribution < -0.4 is 14.8 Å². The van der Waals surface area contributed by atoms with E-state index in [4.69, 9.17) is 9.47 Å². The molecular weight excluding hydrogens is 346 g/mol. The van der Waals surface area contributed by atoms with E-state index in [9.17, 15) is 4.79 Å². The van der Waals surface area contributed by atoms with Crippen LogP contribution in [0.4, 0.5) is 5.13 Å². The molecule has 1 N–H and O–H groups in total. The topological polar surface area (TPSA) is 73.3 Å². The van der Waals surface area contributed by atoms with E-state index < -0.39 is 0 Å². The van der Waals surface area contributed by atoms with Gasteiger partial charge in [0.2, 0.25) is 11.0 Å². The quantitative estimate of drug-likeness (QED) is 0.458. The van der Waals surface area contributed by atoms with E-state index in [1.807, 2.05) is 6.07 Å². The van der Waals surface area contributed by atoms with Crippen LogP contribution in [0.5, 0.6) is 11.5 Å². The van der Waals surface area contributed by atoms with Gasteiger partial charge in [0, 0.05) is 11.3 Å². The van der Waals surface area contributed by atoms with Gasteiger partial charge in [-0.25, -0.2) is 0 Å². The SMILES string of the molecule is COc1ccc(/C=C/C(=O)Nc2nnc(SC(C)C)s2)cc1OC. The number of methoxy groups -OCH3 is 2. The highest BCUT2D eigenvalue weighted by Gasteiger charge is 2.08. The molecule has 6 nitrogen and oxygen atoms in total. The number of anilines is 1. The van der Waals surface area contributed by atoms with Crippen LogP contribution in [0.25, 0.3) is 6.08 Å². The third-order valence-corrected chi connectivity index (χ3v) is 4.73. The maximum atomic E-state index is 12.0. The van der Waals surface area contributed by atoms with E-state index in [0.717, 1.165) is 9.90 Å². The molecule has 0 spiro atoms.